The molecule has 130 valence electrons. The molecule has 0 amide bonds. The third-order valence-corrected chi connectivity index (χ3v) is 6.17. The number of phenols is 1. The molecule has 4 nitrogen and oxygen atoms in total. The number of rotatable bonds is 2. The van der Waals surface area contributed by atoms with Crippen molar-refractivity contribution in [3.8, 4) is 11.5 Å². The maximum absolute atomic E-state index is 10.4. The second-order valence-corrected chi connectivity index (χ2v) is 8.20. The van der Waals surface area contributed by atoms with Crippen LogP contribution in [0.15, 0.2) is 69.6 Å². The summed E-state index contributed by atoms with van der Waals surface area (Å²) >= 11 is 5.19. The van der Waals surface area contributed by atoms with Gasteiger partial charge in [0.1, 0.15) is 11.5 Å². The Morgan fingerprint density at radius 1 is 1.12 bits per heavy atom. The van der Waals surface area contributed by atoms with E-state index >= 15 is 0 Å². The van der Waals surface area contributed by atoms with Gasteiger partial charge in [-0.1, -0.05) is 40.2 Å². The fraction of sp³-hybridized carbons (Fsp3) is 0.150. The molecule has 0 radical (unpaired) electrons. The number of thiophene rings is 1. The SMILES string of the molecule is Oc1ccc(Br)cc1[C@H]1Oc2ccccc2[C@@H]2CC(c3cccs3)=NN12. The van der Waals surface area contributed by atoms with Gasteiger partial charge in [0.2, 0.25) is 6.23 Å². The summed E-state index contributed by atoms with van der Waals surface area (Å²) in [6.45, 7) is 0. The van der Waals surface area contributed by atoms with Gasteiger partial charge in [-0.25, -0.2) is 5.01 Å². The second kappa shape index (κ2) is 6.14. The summed E-state index contributed by atoms with van der Waals surface area (Å²) in [5, 5.41) is 19.4. The van der Waals surface area contributed by atoms with Gasteiger partial charge in [0.05, 0.1) is 22.2 Å². The lowest BCUT2D eigenvalue weighted by Crippen LogP contribution is -2.33. The highest BCUT2D eigenvalue weighted by Crippen LogP contribution is 2.49. The van der Waals surface area contributed by atoms with Crippen LogP contribution in [0.2, 0.25) is 0 Å². The van der Waals surface area contributed by atoms with E-state index < -0.39 is 6.23 Å². The topological polar surface area (TPSA) is 45.1 Å². The van der Waals surface area contributed by atoms with Crippen LogP contribution >= 0.6 is 27.3 Å². The quantitative estimate of drug-likeness (QED) is 0.591. The molecule has 0 saturated heterocycles. The Hall–Kier alpha value is -2.31. The maximum Gasteiger partial charge on any atom is 0.217 e. The lowest BCUT2D eigenvalue weighted by molar-refractivity contribution is -0.0203. The van der Waals surface area contributed by atoms with Crippen molar-refractivity contribution in [3.05, 3.63) is 80.5 Å². The zero-order chi connectivity index (χ0) is 17.7. The molecule has 2 aliphatic heterocycles. The van der Waals surface area contributed by atoms with Gasteiger partial charge in [-0.3, -0.25) is 0 Å². The minimum absolute atomic E-state index is 0.0976. The summed E-state index contributed by atoms with van der Waals surface area (Å²) < 4.78 is 7.17. The van der Waals surface area contributed by atoms with E-state index in [1.54, 1.807) is 17.4 Å². The molecule has 3 aromatic rings. The van der Waals surface area contributed by atoms with E-state index in [9.17, 15) is 5.11 Å². The van der Waals surface area contributed by atoms with Crippen molar-refractivity contribution in [2.75, 3.05) is 0 Å². The Kier molecular flexibility index (Phi) is 3.76. The molecule has 2 aromatic carbocycles. The van der Waals surface area contributed by atoms with Crippen LogP contribution in [0.4, 0.5) is 0 Å². The molecule has 26 heavy (non-hydrogen) atoms. The monoisotopic (exact) mass is 426 g/mol. The minimum Gasteiger partial charge on any atom is -0.507 e. The molecule has 0 unspecified atom stereocenters. The largest absolute Gasteiger partial charge is 0.507 e. The molecule has 0 fully saturated rings. The molecule has 0 aliphatic carbocycles. The van der Waals surface area contributed by atoms with Crippen molar-refractivity contribution in [1.29, 1.82) is 0 Å². The lowest BCUT2D eigenvalue weighted by Gasteiger charge is -2.38. The number of hydrogen-bond acceptors (Lipinski definition) is 5. The number of phenolic OH excluding ortho intramolecular Hbond substituents is 1. The van der Waals surface area contributed by atoms with E-state index in [0.717, 1.165) is 27.9 Å². The predicted molar refractivity (Wildman–Crippen MR) is 106 cm³/mol. The van der Waals surface area contributed by atoms with Crippen molar-refractivity contribution in [3.63, 3.8) is 0 Å². The Morgan fingerprint density at radius 2 is 2.00 bits per heavy atom. The van der Waals surface area contributed by atoms with Crippen molar-refractivity contribution in [2.45, 2.75) is 18.7 Å². The van der Waals surface area contributed by atoms with Crippen molar-refractivity contribution in [2.24, 2.45) is 5.10 Å². The van der Waals surface area contributed by atoms with Gasteiger partial charge in [0, 0.05) is 16.5 Å². The summed E-state index contributed by atoms with van der Waals surface area (Å²) in [5.74, 6) is 1.05. The van der Waals surface area contributed by atoms with E-state index in [-0.39, 0.29) is 11.8 Å². The molecule has 0 spiro atoms. The Morgan fingerprint density at radius 3 is 2.85 bits per heavy atom. The van der Waals surface area contributed by atoms with Crippen LogP contribution in [0.3, 0.4) is 0 Å². The van der Waals surface area contributed by atoms with E-state index in [4.69, 9.17) is 9.84 Å². The number of benzene rings is 2. The third kappa shape index (κ3) is 2.52. The van der Waals surface area contributed by atoms with Crippen LogP contribution in [0.25, 0.3) is 0 Å². The number of ether oxygens (including phenoxy) is 1. The van der Waals surface area contributed by atoms with Crippen molar-refractivity contribution >= 4 is 33.0 Å². The molecular weight excluding hydrogens is 412 g/mol. The molecule has 1 N–H and O–H groups in total. The van der Waals surface area contributed by atoms with Crippen LogP contribution < -0.4 is 4.74 Å². The summed E-state index contributed by atoms with van der Waals surface area (Å²) in [6, 6.07) is 17.7. The van der Waals surface area contributed by atoms with E-state index in [2.05, 4.69) is 33.4 Å². The zero-order valence-corrected chi connectivity index (χ0v) is 16.1. The Labute approximate surface area is 163 Å². The Bertz CT molecular complexity index is 1000. The number of hydrazone groups is 1. The van der Waals surface area contributed by atoms with Gasteiger partial charge in [-0.05, 0) is 35.7 Å². The first-order chi connectivity index (χ1) is 12.7. The van der Waals surface area contributed by atoms with Gasteiger partial charge in [0.25, 0.3) is 0 Å². The van der Waals surface area contributed by atoms with E-state index in [0.29, 0.717) is 5.56 Å². The molecule has 2 atom stereocenters. The van der Waals surface area contributed by atoms with Gasteiger partial charge in [-0.15, -0.1) is 11.3 Å². The van der Waals surface area contributed by atoms with E-state index in [1.807, 2.05) is 41.4 Å². The standard InChI is InChI=1S/C20H15BrN2O2S/c21-12-7-8-17(24)14(10-12)20-23-16(13-4-1-2-5-18(13)25-20)11-15(22-23)19-6-3-9-26-19/h1-10,16,20,24H,11H2/t16-,20+/m0/s1. The summed E-state index contributed by atoms with van der Waals surface area (Å²) in [7, 11) is 0. The molecule has 5 rings (SSSR count). The number of para-hydroxylation sites is 1. The number of aromatic hydroxyl groups is 1. The zero-order valence-electron chi connectivity index (χ0n) is 13.7. The molecule has 3 heterocycles. The van der Waals surface area contributed by atoms with Crippen molar-refractivity contribution < 1.29 is 9.84 Å². The first kappa shape index (κ1) is 15.9. The van der Waals surface area contributed by atoms with Crippen molar-refractivity contribution in [1.82, 2.24) is 5.01 Å². The summed E-state index contributed by atoms with van der Waals surface area (Å²) in [4.78, 5) is 1.18. The first-order valence-electron chi connectivity index (χ1n) is 8.34. The van der Waals surface area contributed by atoms with Crippen LogP contribution in [-0.4, -0.2) is 15.8 Å². The van der Waals surface area contributed by atoms with Crippen LogP contribution in [0, 0.1) is 0 Å². The fourth-order valence-electron chi connectivity index (χ4n) is 3.55. The highest BCUT2D eigenvalue weighted by atomic mass is 79.9. The summed E-state index contributed by atoms with van der Waals surface area (Å²) in [5.41, 5.74) is 2.90. The molecule has 6 heteroatoms. The van der Waals surface area contributed by atoms with Gasteiger partial charge < -0.3 is 9.84 Å². The average molecular weight is 427 g/mol. The highest BCUT2D eigenvalue weighted by Gasteiger charge is 2.41. The number of fused-ring (bicyclic) bond motifs is 3. The van der Waals surface area contributed by atoms with Crippen LogP contribution in [0.1, 0.15) is 34.7 Å². The number of nitrogens with zero attached hydrogens (tertiary/aromatic N) is 2. The lowest BCUT2D eigenvalue weighted by atomic mass is 9.97. The maximum atomic E-state index is 10.4. The fourth-order valence-corrected chi connectivity index (χ4v) is 4.65. The smallest absolute Gasteiger partial charge is 0.217 e. The summed E-state index contributed by atoms with van der Waals surface area (Å²) in [6.07, 6.45) is 0.358. The average Bonchev–Trinajstić information content (AvgIpc) is 3.32. The van der Waals surface area contributed by atoms with Crippen LogP contribution in [0.5, 0.6) is 11.5 Å². The van der Waals surface area contributed by atoms with Gasteiger partial charge in [-0.2, -0.15) is 5.10 Å². The second-order valence-electron chi connectivity index (χ2n) is 6.34. The molecule has 2 aliphatic rings. The van der Waals surface area contributed by atoms with Gasteiger partial charge >= 0.3 is 0 Å². The molecule has 1 aromatic heterocycles. The minimum atomic E-state index is -0.468. The Balaban J connectivity index is 1.64. The highest BCUT2D eigenvalue weighted by molar-refractivity contribution is 9.10. The molecular formula is C20H15BrN2O2S. The first-order valence-corrected chi connectivity index (χ1v) is 10.0. The normalized spacial score (nSPS) is 21.0. The van der Waals surface area contributed by atoms with Crippen LogP contribution in [-0.2, 0) is 0 Å². The third-order valence-electron chi connectivity index (χ3n) is 4.76. The van der Waals surface area contributed by atoms with Gasteiger partial charge in [0.15, 0.2) is 0 Å². The molecule has 0 saturated carbocycles. The number of halogens is 1. The number of hydrogen-bond donors (Lipinski definition) is 1. The predicted octanol–water partition coefficient (Wildman–Crippen LogP) is 5.46. The molecule has 0 bridgehead atoms. The van der Waals surface area contributed by atoms with E-state index in [1.165, 1.54) is 4.88 Å².